The molecule has 0 bridgehead atoms. The zero-order chi connectivity index (χ0) is 34.4. The number of aliphatic hydroxyl groups excluding tert-OH is 4. The Morgan fingerprint density at radius 3 is 1.02 bits per heavy atom. The van der Waals surface area contributed by atoms with Gasteiger partial charge in [0.25, 0.3) is 0 Å². The number of rotatable bonds is 36. The summed E-state index contributed by atoms with van der Waals surface area (Å²) in [7, 11) is -4.26. The molecule has 9 nitrogen and oxygen atoms in total. The van der Waals surface area contributed by atoms with Gasteiger partial charge in [-0.2, -0.15) is 0 Å². The van der Waals surface area contributed by atoms with Crippen LogP contribution in [0.1, 0.15) is 181 Å². The Kier molecular flexibility index (Phi) is 41.1. The molecule has 10 heteroatoms. The first-order valence-corrected chi connectivity index (χ1v) is 20.7. The van der Waals surface area contributed by atoms with Gasteiger partial charge in [0, 0.05) is 13.1 Å². The van der Waals surface area contributed by atoms with Crippen molar-refractivity contribution < 1.29 is 38.9 Å². The molecule has 0 saturated heterocycles. The van der Waals surface area contributed by atoms with Crippen LogP contribution >= 0.6 is 7.82 Å². The maximum absolute atomic E-state index is 12.1. The molecule has 0 aliphatic rings. The van der Waals surface area contributed by atoms with Crippen LogP contribution in [0.4, 0.5) is 0 Å². The standard InChI is InChI=1S/C32H67O6P.C4H11NO2/c1-3-5-7-9-11-13-15-17-19-21-23-25-27-31(33)29-37-39(35,36)38-30-32(34)28-26-24-22-20-18-16-14-12-10-8-6-4-2;6-3-1-5-2-4-7/h31-34H,3-30H2,1-2H3,(H,35,36);5-7H,1-4H2. The summed E-state index contributed by atoms with van der Waals surface area (Å²) in [6, 6.07) is 0. The molecule has 0 aromatic rings. The van der Waals surface area contributed by atoms with Crippen molar-refractivity contribution in [2.24, 2.45) is 0 Å². The highest BCUT2D eigenvalue weighted by molar-refractivity contribution is 7.47. The van der Waals surface area contributed by atoms with Gasteiger partial charge in [-0.15, -0.1) is 0 Å². The molecule has 6 N–H and O–H groups in total. The molecule has 280 valence electrons. The molecule has 0 aromatic heterocycles. The van der Waals surface area contributed by atoms with Gasteiger partial charge < -0.3 is 30.6 Å². The summed E-state index contributed by atoms with van der Waals surface area (Å²) in [6.07, 6.45) is 29.7. The van der Waals surface area contributed by atoms with Crippen LogP contribution < -0.4 is 5.32 Å². The number of unbranched alkanes of at least 4 members (excludes halogenated alkanes) is 22. The molecule has 46 heavy (non-hydrogen) atoms. The van der Waals surface area contributed by atoms with Crippen LogP contribution in [-0.2, 0) is 13.6 Å². The summed E-state index contributed by atoms with van der Waals surface area (Å²) < 4.78 is 21.9. The maximum Gasteiger partial charge on any atom is 0.472 e. The van der Waals surface area contributed by atoms with Crippen LogP contribution in [-0.4, -0.2) is 77.0 Å². The van der Waals surface area contributed by atoms with Gasteiger partial charge >= 0.3 is 7.82 Å². The minimum atomic E-state index is -4.26. The molecular weight excluding hydrogens is 605 g/mol. The second-order valence-corrected chi connectivity index (χ2v) is 14.4. The Morgan fingerprint density at radius 1 is 0.500 bits per heavy atom. The van der Waals surface area contributed by atoms with Crippen molar-refractivity contribution >= 4 is 7.82 Å². The van der Waals surface area contributed by atoms with Gasteiger partial charge in [0.05, 0.1) is 38.6 Å². The van der Waals surface area contributed by atoms with E-state index in [-0.39, 0.29) is 26.4 Å². The molecule has 0 spiro atoms. The highest BCUT2D eigenvalue weighted by Gasteiger charge is 2.24. The fourth-order valence-corrected chi connectivity index (χ4v) is 6.08. The molecule has 0 aliphatic carbocycles. The number of phosphoric ester groups is 1. The van der Waals surface area contributed by atoms with Gasteiger partial charge in [0.2, 0.25) is 0 Å². The smallest absolute Gasteiger partial charge is 0.395 e. The summed E-state index contributed by atoms with van der Waals surface area (Å²) in [5.41, 5.74) is 0. The lowest BCUT2D eigenvalue weighted by atomic mass is 10.0. The van der Waals surface area contributed by atoms with Gasteiger partial charge in [-0.1, -0.05) is 168 Å². The molecule has 0 heterocycles. The van der Waals surface area contributed by atoms with Crippen molar-refractivity contribution in [3.8, 4) is 0 Å². The van der Waals surface area contributed by atoms with E-state index in [0.717, 1.165) is 25.7 Å². The number of hydrogen-bond donors (Lipinski definition) is 6. The van der Waals surface area contributed by atoms with E-state index in [9.17, 15) is 19.7 Å². The molecule has 2 unspecified atom stereocenters. The first-order chi connectivity index (χ1) is 22.3. The Morgan fingerprint density at radius 2 is 0.761 bits per heavy atom. The number of nitrogens with one attached hydrogen (secondary N) is 1. The van der Waals surface area contributed by atoms with Crippen molar-refractivity contribution in [3.63, 3.8) is 0 Å². The highest BCUT2D eigenvalue weighted by atomic mass is 31.2. The molecule has 0 radical (unpaired) electrons. The van der Waals surface area contributed by atoms with Crippen LogP contribution in [0.15, 0.2) is 0 Å². The van der Waals surface area contributed by atoms with Crippen LogP contribution in [0.25, 0.3) is 0 Å². The highest BCUT2D eigenvalue weighted by Crippen LogP contribution is 2.43. The van der Waals surface area contributed by atoms with E-state index in [0.29, 0.717) is 25.9 Å². The van der Waals surface area contributed by atoms with Gasteiger partial charge in [0.1, 0.15) is 0 Å². The third-order valence-corrected chi connectivity index (χ3v) is 9.17. The average Bonchev–Trinajstić information content (AvgIpc) is 3.04. The molecule has 0 amide bonds. The van der Waals surface area contributed by atoms with Gasteiger partial charge in [-0.05, 0) is 12.8 Å². The van der Waals surface area contributed by atoms with Crippen LogP contribution in [0, 0.1) is 0 Å². The zero-order valence-electron chi connectivity index (χ0n) is 30.2. The average molecular weight is 684 g/mol. The Labute approximate surface area is 284 Å². The molecule has 0 aromatic carbocycles. The predicted molar refractivity (Wildman–Crippen MR) is 192 cm³/mol. The molecule has 2 atom stereocenters. The first kappa shape index (κ1) is 48.0. The third kappa shape index (κ3) is 41.9. The van der Waals surface area contributed by atoms with Crippen molar-refractivity contribution in [1.82, 2.24) is 5.32 Å². The molecular formula is C36H78NO8P. The lowest BCUT2D eigenvalue weighted by Gasteiger charge is -2.17. The minimum absolute atomic E-state index is 0.139. The van der Waals surface area contributed by atoms with E-state index in [2.05, 4.69) is 19.2 Å². The summed E-state index contributed by atoms with van der Waals surface area (Å²) in [6.45, 7) is 5.47. The lowest BCUT2D eigenvalue weighted by Crippen LogP contribution is -2.21. The van der Waals surface area contributed by atoms with Gasteiger partial charge in [-0.3, -0.25) is 9.05 Å². The van der Waals surface area contributed by atoms with Crippen molar-refractivity contribution in [2.75, 3.05) is 39.5 Å². The van der Waals surface area contributed by atoms with Crippen LogP contribution in [0.5, 0.6) is 0 Å². The monoisotopic (exact) mass is 684 g/mol. The molecule has 0 fully saturated rings. The molecule has 0 rings (SSSR count). The first-order valence-electron chi connectivity index (χ1n) is 19.2. The number of aliphatic hydroxyl groups is 4. The second-order valence-electron chi connectivity index (χ2n) is 12.9. The molecule has 0 saturated carbocycles. The summed E-state index contributed by atoms with van der Waals surface area (Å²) in [4.78, 5) is 9.85. The van der Waals surface area contributed by atoms with Gasteiger partial charge in [0.15, 0.2) is 0 Å². The minimum Gasteiger partial charge on any atom is -0.395 e. The third-order valence-electron chi connectivity index (χ3n) is 8.22. The van der Waals surface area contributed by atoms with E-state index in [4.69, 9.17) is 19.3 Å². The van der Waals surface area contributed by atoms with Crippen molar-refractivity contribution in [3.05, 3.63) is 0 Å². The fourth-order valence-electron chi connectivity index (χ4n) is 5.29. The SMILES string of the molecule is CCCCCCCCCCCCCCC(O)COP(=O)(O)OCC(O)CCCCCCCCCCCCCC.OCCNCCO. The van der Waals surface area contributed by atoms with Crippen LogP contribution in [0.2, 0.25) is 0 Å². The summed E-state index contributed by atoms with van der Waals surface area (Å²) in [5, 5.41) is 39.2. The van der Waals surface area contributed by atoms with E-state index in [1.807, 2.05) is 0 Å². The fraction of sp³-hybridized carbons (Fsp3) is 1.00. The number of phosphoric acid groups is 1. The summed E-state index contributed by atoms with van der Waals surface area (Å²) >= 11 is 0. The lowest BCUT2D eigenvalue weighted by molar-refractivity contribution is 0.0432. The Hall–Kier alpha value is -0.0900. The van der Waals surface area contributed by atoms with Crippen molar-refractivity contribution in [1.29, 1.82) is 0 Å². The topological polar surface area (TPSA) is 149 Å². The van der Waals surface area contributed by atoms with E-state index >= 15 is 0 Å². The van der Waals surface area contributed by atoms with E-state index in [1.165, 1.54) is 128 Å². The Balaban J connectivity index is 0. The van der Waals surface area contributed by atoms with Crippen LogP contribution in [0.3, 0.4) is 0 Å². The predicted octanol–water partition coefficient (Wildman–Crippen LogP) is 8.58. The maximum atomic E-state index is 12.1. The zero-order valence-corrected chi connectivity index (χ0v) is 31.1. The molecule has 0 aliphatic heterocycles. The normalized spacial score (nSPS) is 14.1. The van der Waals surface area contributed by atoms with E-state index in [1.54, 1.807) is 0 Å². The largest absolute Gasteiger partial charge is 0.472 e. The Bertz CT molecular complexity index is 571. The van der Waals surface area contributed by atoms with Crippen molar-refractivity contribution in [2.45, 2.75) is 193 Å². The number of hydrogen-bond acceptors (Lipinski definition) is 8. The second kappa shape index (κ2) is 39.3. The quantitative estimate of drug-likeness (QED) is 0.0282. The van der Waals surface area contributed by atoms with Gasteiger partial charge in [-0.25, -0.2) is 4.57 Å². The summed E-state index contributed by atoms with van der Waals surface area (Å²) in [5.74, 6) is 0. The van der Waals surface area contributed by atoms with E-state index < -0.39 is 20.0 Å².